The van der Waals surface area contributed by atoms with Crippen molar-refractivity contribution < 1.29 is 91.3 Å². The number of H-pyrrole nitrogens is 2. The number of para-hydroxylation sites is 1. The van der Waals surface area contributed by atoms with E-state index in [4.69, 9.17) is 26.4 Å². The van der Waals surface area contributed by atoms with Crippen LogP contribution in [0.5, 0.6) is 5.75 Å². The molecule has 0 aliphatic carbocycles. The van der Waals surface area contributed by atoms with E-state index in [9.17, 15) is 77.0 Å². The van der Waals surface area contributed by atoms with Crippen LogP contribution in [0.4, 0.5) is 20.1 Å². The summed E-state index contributed by atoms with van der Waals surface area (Å²) in [5, 5.41) is 54.4. The first-order chi connectivity index (χ1) is 61.8. The summed E-state index contributed by atoms with van der Waals surface area (Å²) in [5.41, 5.74) is 13.5. The highest BCUT2D eigenvalue weighted by Crippen LogP contribution is 2.25. The Balaban J connectivity index is 1.06. The van der Waals surface area contributed by atoms with Crippen LogP contribution >= 0.6 is 0 Å². The standard InChI is InChI=1S/C89H130N22O19/c1-12-59-18-17-37-111(59)85(125)65(22-16-35-94-86(90)91)101-78(118)66(40-50(2)3)102-79(119)67(41-51(4)5)103-80(120)68(104-83(123)71(47-112)107-81(121)69(43-56-45-96-62-20-14-13-19-61(56)62)105-82(122)70(44-58-46-93-49-97-58)106-77(117)64-31-33-73(114)99-64)42-54-25-29-60(30-26-54)130-89(128)110(11)39-38-109(10)88(127)129-48-55-23-27-57(28-24-55)98-76(116)63(21-15-36-95-87(92)126)100-84(124)75(53(8)9)108-74(115)34-32-72(113)52(6)7/h13-14,19-20,23-30,45-46,49-53,59,63-71,75,96,112H,12,15-18,21-22,31-44,47-48H2,1-11H3,(H,93,97)(H,98,116)(H,99,114)(H,100,124)(H,101,118)(H,102,119)(H,103,120)(H,104,123)(H,105,122)(H,106,117)(H,107,121)(H,108,115)(H4,90,91,94)(H3,92,95,126)/t59-,63+,64?,65+,66+,67+,68+,69+,70+,71+,75+/m1/s1. The average Bonchev–Trinajstić information content (AvgIpc) is 1.68. The number of likely N-dealkylation sites (N-methyl/N-ethyl adjacent to an activating group) is 2. The summed E-state index contributed by atoms with van der Waals surface area (Å²) in [4.78, 5) is 234. The number of benzene rings is 3. The third-order valence-corrected chi connectivity index (χ3v) is 22.2. The van der Waals surface area contributed by atoms with E-state index in [2.05, 4.69) is 84.1 Å². The Hall–Kier alpha value is -13.2. The van der Waals surface area contributed by atoms with Crippen molar-refractivity contribution in [2.75, 3.05) is 58.7 Å². The Labute approximate surface area is 755 Å². The summed E-state index contributed by atoms with van der Waals surface area (Å²) in [6, 6.07) is 5.18. The van der Waals surface area contributed by atoms with Gasteiger partial charge in [-0.15, -0.1) is 0 Å². The number of rotatable bonds is 51. The smallest absolute Gasteiger partial charge is 0.415 e. The lowest BCUT2D eigenvalue weighted by Gasteiger charge is -2.31. The molecule has 2 fully saturated rings. The Morgan fingerprint density at radius 1 is 0.600 bits per heavy atom. The van der Waals surface area contributed by atoms with E-state index in [1.165, 1.54) is 60.7 Å². The van der Waals surface area contributed by atoms with Crippen molar-refractivity contribution in [3.63, 3.8) is 0 Å². The molecule has 2 aromatic heterocycles. The van der Waals surface area contributed by atoms with Gasteiger partial charge in [0.05, 0.1) is 18.6 Å². The van der Waals surface area contributed by atoms with Gasteiger partial charge in [-0.05, 0) is 129 Å². The minimum Gasteiger partial charge on any atom is -0.445 e. The summed E-state index contributed by atoms with van der Waals surface area (Å²) in [7, 11) is 2.87. The van der Waals surface area contributed by atoms with E-state index < -0.39 is 150 Å². The molecule has 41 heteroatoms. The molecule has 7 rings (SSSR count). The summed E-state index contributed by atoms with van der Waals surface area (Å²) in [6.45, 7) is 15.6. The first-order valence-electron chi connectivity index (χ1n) is 44.2. The Morgan fingerprint density at radius 3 is 1.72 bits per heavy atom. The van der Waals surface area contributed by atoms with Crippen molar-refractivity contribution in [2.45, 2.75) is 238 Å². The van der Waals surface area contributed by atoms with Gasteiger partial charge in [-0.3, -0.25) is 67.7 Å². The fourth-order valence-corrected chi connectivity index (χ4v) is 14.7. The van der Waals surface area contributed by atoms with Gasteiger partial charge in [0.2, 0.25) is 70.9 Å². The number of fused-ring (bicyclic) bond motifs is 1. The van der Waals surface area contributed by atoms with Crippen LogP contribution in [-0.4, -0.2) is 255 Å². The van der Waals surface area contributed by atoms with Gasteiger partial charge in [-0.2, -0.15) is 0 Å². The van der Waals surface area contributed by atoms with Crippen LogP contribution in [-0.2, 0) is 92.9 Å². The summed E-state index contributed by atoms with van der Waals surface area (Å²) in [5.74, 6) is -9.98. The molecule has 21 N–H and O–H groups in total. The van der Waals surface area contributed by atoms with Crippen LogP contribution in [0.1, 0.15) is 168 Å². The predicted octanol–water partition coefficient (Wildman–Crippen LogP) is 2.06. The number of imidazole rings is 1. The summed E-state index contributed by atoms with van der Waals surface area (Å²) < 4.78 is 11.3. The quantitative estimate of drug-likeness (QED) is 0.0150. The zero-order valence-corrected chi connectivity index (χ0v) is 75.8. The summed E-state index contributed by atoms with van der Waals surface area (Å²) in [6.07, 6.45) is 5.39. The van der Waals surface area contributed by atoms with Gasteiger partial charge in [0.1, 0.15) is 78.6 Å². The van der Waals surface area contributed by atoms with Crippen LogP contribution in [0.3, 0.4) is 0 Å². The van der Waals surface area contributed by atoms with Crippen LogP contribution in [0, 0.1) is 29.1 Å². The molecule has 5 aromatic rings. The number of aromatic amines is 2. The number of Topliss-reactive ketones (excluding diaryl/α,β-unsaturated/α-hetero) is 1. The number of primary amides is 1. The number of guanidine groups is 1. The van der Waals surface area contributed by atoms with Crippen molar-refractivity contribution >= 4 is 117 Å². The molecular weight excluding hydrogens is 1680 g/mol. The van der Waals surface area contributed by atoms with Gasteiger partial charge >= 0.3 is 18.2 Å². The molecule has 0 spiro atoms. The maximum atomic E-state index is 15.2. The zero-order chi connectivity index (χ0) is 95.4. The number of aliphatic hydroxyl groups excluding tert-OH is 1. The van der Waals surface area contributed by atoms with E-state index in [-0.39, 0.29) is 163 Å². The number of anilines is 1. The normalized spacial score (nSPS) is 15.6. The molecule has 710 valence electrons. The number of ether oxygens (including phenoxy) is 2. The molecule has 41 nitrogen and oxygen atoms in total. The number of nitrogens with zero attached hydrogens (tertiary/aromatic N) is 4. The number of nitrogens with one attached hydrogen (secondary N) is 16. The minimum atomic E-state index is -1.85. The maximum Gasteiger partial charge on any atom is 0.415 e. The maximum absolute atomic E-state index is 15.2. The molecule has 0 radical (unpaired) electrons. The highest BCUT2D eigenvalue weighted by molar-refractivity contribution is 6.01. The number of aliphatic hydroxyl groups is 1. The van der Waals surface area contributed by atoms with Gasteiger partial charge in [-0.25, -0.2) is 19.4 Å². The number of ketones is 1. The first kappa shape index (κ1) is 104. The van der Waals surface area contributed by atoms with Gasteiger partial charge < -0.3 is 120 Å². The molecule has 4 heterocycles. The average molecular weight is 1810 g/mol. The lowest BCUT2D eigenvalue weighted by Crippen LogP contribution is -2.61. The third kappa shape index (κ3) is 33.8. The Kier molecular flexibility index (Phi) is 41.3. The van der Waals surface area contributed by atoms with Crippen molar-refractivity contribution in [1.82, 2.24) is 93.5 Å². The second-order valence-corrected chi connectivity index (χ2v) is 34.3. The second-order valence-electron chi connectivity index (χ2n) is 34.3. The fraction of sp³-hybridized carbons (Fsp3) is 0.551. The van der Waals surface area contributed by atoms with Crippen LogP contribution in [0.2, 0.25) is 0 Å². The van der Waals surface area contributed by atoms with Crippen molar-refractivity contribution in [2.24, 2.45) is 35.1 Å². The fourth-order valence-electron chi connectivity index (χ4n) is 14.7. The van der Waals surface area contributed by atoms with E-state index in [1.54, 1.807) is 101 Å². The van der Waals surface area contributed by atoms with Crippen LogP contribution in [0.25, 0.3) is 10.9 Å². The summed E-state index contributed by atoms with van der Waals surface area (Å²) >= 11 is 0. The molecule has 2 saturated heterocycles. The van der Waals surface area contributed by atoms with Crippen molar-refractivity contribution in [3.8, 4) is 5.75 Å². The van der Waals surface area contributed by atoms with Gasteiger partial charge in [0, 0.05) is 126 Å². The molecule has 11 atom stereocenters. The SMILES string of the molecule is CC[C@@H]1CCCN1C(=O)[C@H](CCCNC(=N)N)NC(=O)[C@H](CC(C)C)NC(=O)[C@H](CC(C)C)NC(=O)[C@H](Cc1ccc(OC(=O)N(C)CCN(C)C(=O)OCc2ccc(NC(=O)[C@H](CCCNC(N)=O)NC(=O)[C@@H](NC(=O)CCC(=O)C(C)C)C(C)C)cc2)cc1)NC(=O)[C@H](CO)NC(=O)[C@H](Cc1c[nH]c2ccccc12)NC(=O)[C@H](Cc1c[nH]cn1)NC(=O)C1CCC(=O)N1. The number of aromatic nitrogens is 3. The first-order valence-corrected chi connectivity index (χ1v) is 44.2. The van der Waals surface area contributed by atoms with E-state index in [1.807, 2.05) is 20.8 Å². The van der Waals surface area contributed by atoms with E-state index >= 15 is 4.79 Å². The van der Waals surface area contributed by atoms with Crippen molar-refractivity contribution in [1.29, 1.82) is 5.41 Å². The number of carbonyl (C=O) groups excluding carboxylic acids is 16. The van der Waals surface area contributed by atoms with Crippen LogP contribution < -0.4 is 85.3 Å². The number of hydrogen-bond acceptors (Lipinski definition) is 21. The molecule has 1 unspecified atom stereocenters. The topological polar surface area (TPSA) is 598 Å². The largest absolute Gasteiger partial charge is 0.445 e. The lowest BCUT2D eigenvalue weighted by atomic mass is 9.98. The number of carbonyl (C=O) groups is 16. The van der Waals surface area contributed by atoms with Crippen molar-refractivity contribution in [3.05, 3.63) is 114 Å². The molecule has 2 aliphatic rings. The molecular formula is C89H130N22O19. The third-order valence-electron chi connectivity index (χ3n) is 22.2. The van der Waals surface area contributed by atoms with E-state index in [0.29, 0.717) is 58.4 Å². The van der Waals surface area contributed by atoms with Gasteiger partial charge in [0.15, 0.2) is 5.96 Å². The second kappa shape index (κ2) is 51.7. The predicted molar refractivity (Wildman–Crippen MR) is 480 cm³/mol. The van der Waals surface area contributed by atoms with Crippen LogP contribution in [0.15, 0.2) is 91.5 Å². The number of likely N-dealkylation sites (tertiary alicyclic amines) is 1. The number of urea groups is 1. The van der Waals surface area contributed by atoms with E-state index in [0.717, 1.165) is 12.8 Å². The molecule has 0 bridgehead atoms. The Bertz CT molecular complexity index is 4700. The molecule has 2 aliphatic heterocycles. The lowest BCUT2D eigenvalue weighted by molar-refractivity contribution is -0.139. The highest BCUT2D eigenvalue weighted by atomic mass is 16.6. The number of amides is 16. The van der Waals surface area contributed by atoms with Gasteiger partial charge in [-0.1, -0.05) is 105 Å². The molecule has 0 saturated carbocycles. The molecule has 16 amide bonds. The zero-order valence-electron chi connectivity index (χ0n) is 75.8. The molecule has 3 aromatic carbocycles. The minimum absolute atomic E-state index is 0.00338. The monoisotopic (exact) mass is 1810 g/mol. The Morgan fingerprint density at radius 2 is 1.15 bits per heavy atom. The van der Waals surface area contributed by atoms with Gasteiger partial charge in [0.25, 0.3) is 0 Å². The molecule has 130 heavy (non-hydrogen) atoms. The highest BCUT2D eigenvalue weighted by Gasteiger charge is 2.40. The number of hydrogen-bond donors (Lipinski definition) is 19. The number of nitrogens with two attached hydrogens (primary N) is 2.